The van der Waals surface area contributed by atoms with Crippen molar-refractivity contribution in [2.24, 2.45) is 0 Å². The van der Waals surface area contributed by atoms with Crippen LogP contribution in [0.2, 0.25) is 10.0 Å². The Labute approximate surface area is 216 Å². The van der Waals surface area contributed by atoms with Crippen molar-refractivity contribution in [2.75, 3.05) is 6.61 Å². The van der Waals surface area contributed by atoms with Crippen molar-refractivity contribution < 1.29 is 19.1 Å². The maximum absolute atomic E-state index is 13.2. The number of allylic oxidation sites excluding steroid dienone is 1. The molecule has 186 valence electrons. The number of ether oxygens (including phenoxy) is 1. The maximum Gasteiger partial charge on any atom is 0.336 e. The van der Waals surface area contributed by atoms with Crippen molar-refractivity contribution >= 4 is 41.0 Å². The lowest BCUT2D eigenvalue weighted by Crippen LogP contribution is -2.38. The SMILES string of the molecule is CCOC(=O)C1=C(C)N(Cc2ccc(C(=O)NC(C)CC)cc2)C(=O)CC1c1ccc(Cl)c(Cl)c1. The maximum atomic E-state index is 13.2. The summed E-state index contributed by atoms with van der Waals surface area (Å²) >= 11 is 12.3. The zero-order chi connectivity index (χ0) is 25.7. The molecule has 0 bridgehead atoms. The number of nitrogens with zero attached hydrogens (tertiary/aromatic N) is 1. The summed E-state index contributed by atoms with van der Waals surface area (Å²) in [7, 11) is 0. The Morgan fingerprint density at radius 3 is 2.40 bits per heavy atom. The number of amides is 2. The van der Waals surface area contributed by atoms with E-state index < -0.39 is 11.9 Å². The van der Waals surface area contributed by atoms with Gasteiger partial charge in [0.25, 0.3) is 5.91 Å². The van der Waals surface area contributed by atoms with Gasteiger partial charge in [-0.25, -0.2) is 4.79 Å². The van der Waals surface area contributed by atoms with Crippen LogP contribution in [0.4, 0.5) is 0 Å². The summed E-state index contributed by atoms with van der Waals surface area (Å²) in [5, 5.41) is 3.70. The van der Waals surface area contributed by atoms with E-state index in [1.165, 1.54) is 0 Å². The predicted molar refractivity (Wildman–Crippen MR) is 137 cm³/mol. The van der Waals surface area contributed by atoms with Crippen molar-refractivity contribution in [3.63, 3.8) is 0 Å². The van der Waals surface area contributed by atoms with Gasteiger partial charge in [0.2, 0.25) is 5.91 Å². The van der Waals surface area contributed by atoms with Crippen LogP contribution in [0.25, 0.3) is 0 Å². The highest BCUT2D eigenvalue weighted by molar-refractivity contribution is 6.42. The molecule has 0 saturated carbocycles. The number of benzene rings is 2. The van der Waals surface area contributed by atoms with Crippen LogP contribution in [0.15, 0.2) is 53.7 Å². The number of hydrogen-bond acceptors (Lipinski definition) is 4. The van der Waals surface area contributed by atoms with E-state index >= 15 is 0 Å². The van der Waals surface area contributed by atoms with E-state index in [4.69, 9.17) is 27.9 Å². The highest BCUT2D eigenvalue weighted by Gasteiger charge is 2.37. The second kappa shape index (κ2) is 11.7. The molecule has 0 aromatic heterocycles. The van der Waals surface area contributed by atoms with Gasteiger partial charge in [0, 0.05) is 29.6 Å². The monoisotopic (exact) mass is 516 g/mol. The highest BCUT2D eigenvalue weighted by atomic mass is 35.5. The molecule has 1 aliphatic heterocycles. The number of nitrogens with one attached hydrogen (secondary N) is 1. The molecule has 0 fully saturated rings. The number of carbonyl (C=O) groups is 3. The number of carbonyl (C=O) groups excluding carboxylic acids is 3. The molecule has 1 heterocycles. The van der Waals surface area contributed by atoms with Crippen molar-refractivity contribution in [1.29, 1.82) is 0 Å². The smallest absolute Gasteiger partial charge is 0.336 e. The molecule has 35 heavy (non-hydrogen) atoms. The topological polar surface area (TPSA) is 75.7 Å². The Morgan fingerprint density at radius 1 is 1.11 bits per heavy atom. The average molecular weight is 517 g/mol. The Morgan fingerprint density at radius 2 is 1.80 bits per heavy atom. The van der Waals surface area contributed by atoms with Crippen LogP contribution in [0.5, 0.6) is 0 Å². The van der Waals surface area contributed by atoms with Gasteiger partial charge in [0.1, 0.15) is 0 Å². The number of esters is 1. The van der Waals surface area contributed by atoms with Gasteiger partial charge in [0.05, 0.1) is 28.8 Å². The van der Waals surface area contributed by atoms with Gasteiger partial charge < -0.3 is 15.0 Å². The van der Waals surface area contributed by atoms with E-state index in [0.29, 0.717) is 26.9 Å². The van der Waals surface area contributed by atoms with E-state index in [-0.39, 0.29) is 37.4 Å². The van der Waals surface area contributed by atoms with Crippen LogP contribution in [0, 0.1) is 0 Å². The average Bonchev–Trinajstić information content (AvgIpc) is 2.83. The van der Waals surface area contributed by atoms with Gasteiger partial charge in [-0.15, -0.1) is 0 Å². The van der Waals surface area contributed by atoms with Crippen LogP contribution >= 0.6 is 23.2 Å². The molecule has 8 heteroatoms. The number of halogens is 2. The minimum absolute atomic E-state index is 0.0886. The van der Waals surface area contributed by atoms with Crippen LogP contribution in [-0.2, 0) is 20.9 Å². The Kier molecular flexibility index (Phi) is 8.98. The van der Waals surface area contributed by atoms with Gasteiger partial charge >= 0.3 is 5.97 Å². The lowest BCUT2D eigenvalue weighted by atomic mass is 9.83. The summed E-state index contributed by atoms with van der Waals surface area (Å²) in [6, 6.07) is 12.3. The zero-order valence-electron chi connectivity index (χ0n) is 20.4. The number of hydrogen-bond donors (Lipinski definition) is 1. The Bertz CT molecular complexity index is 1140. The third kappa shape index (κ3) is 6.24. The van der Waals surface area contributed by atoms with Crippen LogP contribution in [-0.4, -0.2) is 35.3 Å². The lowest BCUT2D eigenvalue weighted by Gasteiger charge is -2.34. The first-order chi connectivity index (χ1) is 16.7. The summed E-state index contributed by atoms with van der Waals surface area (Å²) in [6.45, 7) is 7.95. The second-order valence-electron chi connectivity index (χ2n) is 8.61. The Hall–Kier alpha value is -2.83. The normalized spacial score (nSPS) is 16.8. The van der Waals surface area contributed by atoms with Crippen LogP contribution in [0.3, 0.4) is 0 Å². The molecule has 6 nitrogen and oxygen atoms in total. The Balaban J connectivity index is 1.90. The van der Waals surface area contributed by atoms with Crippen molar-refractivity contribution in [3.05, 3.63) is 80.5 Å². The van der Waals surface area contributed by atoms with Crippen molar-refractivity contribution in [3.8, 4) is 0 Å². The molecular formula is C27H30Cl2N2O4. The molecular weight excluding hydrogens is 487 g/mol. The second-order valence-corrected chi connectivity index (χ2v) is 9.42. The van der Waals surface area contributed by atoms with Crippen molar-refractivity contribution in [1.82, 2.24) is 10.2 Å². The van der Waals surface area contributed by atoms with Crippen molar-refractivity contribution in [2.45, 2.75) is 59.0 Å². The molecule has 1 N–H and O–H groups in total. The highest BCUT2D eigenvalue weighted by Crippen LogP contribution is 2.39. The molecule has 0 radical (unpaired) electrons. The van der Waals surface area contributed by atoms with Crippen LogP contribution < -0.4 is 5.32 Å². The molecule has 2 aromatic carbocycles. The standard InChI is InChI=1S/C27H30Cl2N2O4/c1-5-16(3)30-26(33)19-9-7-18(8-10-19)15-31-17(4)25(27(34)35-6-2)21(14-24(31)32)20-11-12-22(28)23(29)13-20/h7-13,16,21H,5-6,14-15H2,1-4H3,(H,30,33). The molecule has 2 aromatic rings. The molecule has 0 spiro atoms. The molecule has 3 rings (SSSR count). The lowest BCUT2D eigenvalue weighted by molar-refractivity contribution is -0.140. The first kappa shape index (κ1) is 26.8. The molecule has 0 aliphatic carbocycles. The van der Waals surface area contributed by atoms with E-state index in [2.05, 4.69) is 5.32 Å². The minimum atomic E-state index is -0.487. The molecule has 0 saturated heterocycles. The fraction of sp³-hybridized carbons (Fsp3) is 0.370. The van der Waals surface area contributed by atoms with E-state index in [1.54, 1.807) is 49.1 Å². The van der Waals surface area contributed by atoms with Gasteiger partial charge in [-0.3, -0.25) is 9.59 Å². The summed E-state index contributed by atoms with van der Waals surface area (Å²) in [6.07, 6.45) is 0.942. The largest absolute Gasteiger partial charge is 0.463 e. The molecule has 2 unspecified atom stereocenters. The predicted octanol–water partition coefficient (Wildman–Crippen LogP) is 5.87. The quantitative estimate of drug-likeness (QED) is 0.444. The third-order valence-corrected chi connectivity index (χ3v) is 6.95. The minimum Gasteiger partial charge on any atom is -0.463 e. The molecule has 1 aliphatic rings. The summed E-state index contributed by atoms with van der Waals surface area (Å²) in [5.41, 5.74) is 3.09. The van der Waals surface area contributed by atoms with E-state index in [0.717, 1.165) is 17.5 Å². The number of rotatable bonds is 8. The summed E-state index contributed by atoms with van der Waals surface area (Å²) in [4.78, 5) is 40.1. The summed E-state index contributed by atoms with van der Waals surface area (Å²) in [5.74, 6) is -1.20. The van der Waals surface area contributed by atoms with E-state index in [9.17, 15) is 14.4 Å². The fourth-order valence-corrected chi connectivity index (χ4v) is 4.35. The third-order valence-electron chi connectivity index (χ3n) is 6.21. The van der Waals surface area contributed by atoms with E-state index in [1.807, 2.05) is 26.0 Å². The molecule has 2 amide bonds. The summed E-state index contributed by atoms with van der Waals surface area (Å²) < 4.78 is 5.34. The zero-order valence-corrected chi connectivity index (χ0v) is 21.9. The van der Waals surface area contributed by atoms with Gasteiger partial charge in [-0.2, -0.15) is 0 Å². The van der Waals surface area contributed by atoms with Gasteiger partial charge in [-0.1, -0.05) is 48.3 Å². The van der Waals surface area contributed by atoms with Crippen LogP contribution in [0.1, 0.15) is 67.9 Å². The van der Waals surface area contributed by atoms with Gasteiger partial charge in [-0.05, 0) is 62.6 Å². The fourth-order valence-electron chi connectivity index (χ4n) is 4.04. The molecule has 2 atom stereocenters. The first-order valence-electron chi connectivity index (χ1n) is 11.7. The van der Waals surface area contributed by atoms with Gasteiger partial charge in [0.15, 0.2) is 0 Å². The first-order valence-corrected chi connectivity index (χ1v) is 12.4.